The molecule has 2 heterocycles. The zero-order chi connectivity index (χ0) is 14.7. The molecule has 2 saturated heterocycles. The fraction of sp³-hybridized carbons (Fsp3) is 0.938. The van der Waals surface area contributed by atoms with Crippen molar-refractivity contribution in [2.75, 3.05) is 26.2 Å². The predicted molar refractivity (Wildman–Crippen MR) is 82.7 cm³/mol. The molecule has 116 valence electrons. The molecule has 2 fully saturated rings. The highest BCUT2D eigenvalue weighted by atomic mass is 16.1. The summed E-state index contributed by atoms with van der Waals surface area (Å²) in [5, 5.41) is 3.18. The van der Waals surface area contributed by atoms with E-state index in [0.717, 1.165) is 25.6 Å². The van der Waals surface area contributed by atoms with Gasteiger partial charge in [0.05, 0.1) is 0 Å². The van der Waals surface area contributed by atoms with Crippen molar-refractivity contribution in [1.82, 2.24) is 15.1 Å². The topological polar surface area (TPSA) is 35.6 Å². The molecule has 0 aliphatic carbocycles. The Morgan fingerprint density at radius 3 is 2.25 bits per heavy atom. The summed E-state index contributed by atoms with van der Waals surface area (Å²) < 4.78 is 0. The molecule has 20 heavy (non-hydrogen) atoms. The first-order valence-corrected chi connectivity index (χ1v) is 8.26. The van der Waals surface area contributed by atoms with E-state index in [-0.39, 0.29) is 11.8 Å². The summed E-state index contributed by atoms with van der Waals surface area (Å²) in [6.07, 6.45) is 3.68. The maximum Gasteiger partial charge on any atom is 0.222 e. The van der Waals surface area contributed by atoms with Crippen LogP contribution in [0.1, 0.15) is 47.0 Å². The van der Waals surface area contributed by atoms with Crippen LogP contribution in [0.2, 0.25) is 0 Å². The minimum absolute atomic E-state index is 0.0957. The molecule has 0 spiro atoms. The number of rotatable bonds is 4. The molecule has 0 radical (unpaired) electrons. The van der Waals surface area contributed by atoms with Crippen molar-refractivity contribution in [2.45, 2.75) is 65.1 Å². The highest BCUT2D eigenvalue weighted by Gasteiger charge is 2.31. The standard InChI is InChI=1S/C16H31N3O/c1-12(2)16(20)17-14-5-8-19(11-14)15-6-9-18(10-7-15)13(3)4/h12-15H,5-11H2,1-4H3,(H,17,20). The van der Waals surface area contributed by atoms with Crippen molar-refractivity contribution in [1.29, 1.82) is 0 Å². The summed E-state index contributed by atoms with van der Waals surface area (Å²) in [4.78, 5) is 16.9. The number of nitrogens with one attached hydrogen (secondary N) is 1. The van der Waals surface area contributed by atoms with Gasteiger partial charge in [-0.25, -0.2) is 0 Å². The molecule has 1 unspecified atom stereocenters. The van der Waals surface area contributed by atoms with E-state index in [2.05, 4.69) is 29.0 Å². The molecule has 1 N–H and O–H groups in total. The lowest BCUT2D eigenvalue weighted by molar-refractivity contribution is -0.124. The summed E-state index contributed by atoms with van der Waals surface area (Å²) >= 11 is 0. The molecule has 4 nitrogen and oxygen atoms in total. The lowest BCUT2D eigenvalue weighted by Gasteiger charge is -2.38. The minimum Gasteiger partial charge on any atom is -0.352 e. The van der Waals surface area contributed by atoms with Crippen molar-refractivity contribution in [3.05, 3.63) is 0 Å². The molecular weight excluding hydrogens is 250 g/mol. The second kappa shape index (κ2) is 6.90. The minimum atomic E-state index is 0.0957. The number of nitrogens with zero attached hydrogens (tertiary/aromatic N) is 2. The predicted octanol–water partition coefficient (Wildman–Crippen LogP) is 1.71. The van der Waals surface area contributed by atoms with E-state index in [1.807, 2.05) is 13.8 Å². The molecular formula is C16H31N3O. The van der Waals surface area contributed by atoms with E-state index < -0.39 is 0 Å². The van der Waals surface area contributed by atoms with E-state index in [9.17, 15) is 4.79 Å². The van der Waals surface area contributed by atoms with Crippen molar-refractivity contribution in [2.24, 2.45) is 5.92 Å². The van der Waals surface area contributed by atoms with E-state index in [1.165, 1.54) is 25.9 Å². The van der Waals surface area contributed by atoms with Gasteiger partial charge in [0, 0.05) is 37.1 Å². The van der Waals surface area contributed by atoms with Crippen LogP contribution in [0.3, 0.4) is 0 Å². The lowest BCUT2D eigenvalue weighted by atomic mass is 10.0. The largest absolute Gasteiger partial charge is 0.352 e. The van der Waals surface area contributed by atoms with Crippen molar-refractivity contribution in [3.8, 4) is 0 Å². The van der Waals surface area contributed by atoms with Gasteiger partial charge < -0.3 is 10.2 Å². The van der Waals surface area contributed by atoms with E-state index in [0.29, 0.717) is 12.1 Å². The van der Waals surface area contributed by atoms with Gasteiger partial charge >= 0.3 is 0 Å². The second-order valence-electron chi connectivity index (χ2n) is 7.00. The summed E-state index contributed by atoms with van der Waals surface area (Å²) in [6, 6.07) is 1.77. The number of hydrogen-bond acceptors (Lipinski definition) is 3. The molecule has 0 aromatic rings. The molecule has 4 heteroatoms. The third-order valence-electron chi connectivity index (χ3n) is 4.84. The van der Waals surface area contributed by atoms with Crippen LogP contribution in [0.5, 0.6) is 0 Å². The van der Waals surface area contributed by atoms with Crippen LogP contribution in [0, 0.1) is 5.92 Å². The number of piperidine rings is 1. The van der Waals surface area contributed by atoms with Gasteiger partial charge in [-0.3, -0.25) is 9.69 Å². The number of amides is 1. The van der Waals surface area contributed by atoms with E-state index in [4.69, 9.17) is 0 Å². The smallest absolute Gasteiger partial charge is 0.222 e. The first-order valence-electron chi connectivity index (χ1n) is 8.26. The fourth-order valence-electron chi connectivity index (χ4n) is 3.37. The van der Waals surface area contributed by atoms with Crippen LogP contribution in [0.25, 0.3) is 0 Å². The normalized spacial score (nSPS) is 26.6. The van der Waals surface area contributed by atoms with Crippen LogP contribution in [0.15, 0.2) is 0 Å². The third kappa shape index (κ3) is 3.95. The summed E-state index contributed by atoms with van der Waals surface area (Å²) in [5.41, 5.74) is 0. The van der Waals surface area contributed by atoms with E-state index >= 15 is 0 Å². The average Bonchev–Trinajstić information content (AvgIpc) is 2.87. The first-order chi connectivity index (χ1) is 9.47. The maximum atomic E-state index is 11.8. The molecule has 1 amide bonds. The Morgan fingerprint density at radius 2 is 1.70 bits per heavy atom. The van der Waals surface area contributed by atoms with Gasteiger partial charge in [0.1, 0.15) is 0 Å². The highest BCUT2D eigenvalue weighted by molar-refractivity contribution is 5.78. The lowest BCUT2D eigenvalue weighted by Crippen LogP contribution is -2.47. The summed E-state index contributed by atoms with van der Waals surface area (Å²) in [5.74, 6) is 0.296. The molecule has 0 aromatic heterocycles. The quantitative estimate of drug-likeness (QED) is 0.852. The number of likely N-dealkylation sites (tertiary alicyclic amines) is 2. The Hall–Kier alpha value is -0.610. The average molecular weight is 281 g/mol. The van der Waals surface area contributed by atoms with Gasteiger partial charge in [-0.2, -0.15) is 0 Å². The molecule has 0 aromatic carbocycles. The third-order valence-corrected chi connectivity index (χ3v) is 4.84. The van der Waals surface area contributed by atoms with Crippen molar-refractivity contribution in [3.63, 3.8) is 0 Å². The first kappa shape index (κ1) is 15.8. The molecule has 2 aliphatic rings. The maximum absolute atomic E-state index is 11.8. The highest BCUT2D eigenvalue weighted by Crippen LogP contribution is 2.22. The molecule has 1 atom stereocenters. The second-order valence-corrected chi connectivity index (χ2v) is 7.00. The Morgan fingerprint density at radius 1 is 1.05 bits per heavy atom. The zero-order valence-electron chi connectivity index (χ0n) is 13.6. The van der Waals surface area contributed by atoms with Crippen LogP contribution >= 0.6 is 0 Å². The number of hydrogen-bond donors (Lipinski definition) is 1. The van der Waals surface area contributed by atoms with Gasteiger partial charge in [-0.1, -0.05) is 13.8 Å². The van der Waals surface area contributed by atoms with Gasteiger partial charge in [0.15, 0.2) is 0 Å². The SMILES string of the molecule is CC(C)C(=O)NC1CCN(C2CCN(C(C)C)CC2)C1. The molecule has 0 bridgehead atoms. The van der Waals surface area contributed by atoms with Crippen LogP contribution in [-0.2, 0) is 4.79 Å². The van der Waals surface area contributed by atoms with Crippen LogP contribution < -0.4 is 5.32 Å². The Kier molecular flexibility index (Phi) is 5.44. The Balaban J connectivity index is 1.75. The van der Waals surface area contributed by atoms with Gasteiger partial charge in [0.25, 0.3) is 0 Å². The molecule has 0 saturated carbocycles. The van der Waals surface area contributed by atoms with Gasteiger partial charge in [0.2, 0.25) is 5.91 Å². The van der Waals surface area contributed by atoms with Crippen LogP contribution in [-0.4, -0.2) is 60.0 Å². The van der Waals surface area contributed by atoms with Crippen molar-refractivity contribution < 1.29 is 4.79 Å². The van der Waals surface area contributed by atoms with Gasteiger partial charge in [-0.15, -0.1) is 0 Å². The molecule has 2 aliphatic heterocycles. The van der Waals surface area contributed by atoms with Crippen molar-refractivity contribution >= 4 is 5.91 Å². The Bertz CT molecular complexity index is 322. The van der Waals surface area contributed by atoms with E-state index in [1.54, 1.807) is 0 Å². The van der Waals surface area contributed by atoms with Crippen LogP contribution in [0.4, 0.5) is 0 Å². The summed E-state index contributed by atoms with van der Waals surface area (Å²) in [7, 11) is 0. The fourth-order valence-corrected chi connectivity index (χ4v) is 3.37. The van der Waals surface area contributed by atoms with Gasteiger partial charge in [-0.05, 0) is 46.2 Å². The number of carbonyl (C=O) groups is 1. The molecule has 2 rings (SSSR count). The Labute approximate surface area is 123 Å². The summed E-state index contributed by atoms with van der Waals surface area (Å²) in [6.45, 7) is 13.1. The number of carbonyl (C=O) groups excluding carboxylic acids is 1. The monoisotopic (exact) mass is 281 g/mol. The zero-order valence-corrected chi connectivity index (χ0v) is 13.6.